The van der Waals surface area contributed by atoms with Crippen LogP contribution in [0.3, 0.4) is 0 Å². The minimum absolute atomic E-state index is 0.765. The predicted octanol–water partition coefficient (Wildman–Crippen LogP) is 1.95. The van der Waals surface area contributed by atoms with Gasteiger partial charge >= 0.3 is 0 Å². The van der Waals surface area contributed by atoms with E-state index < -0.39 is 0 Å². The molecular formula is C10H10N2O. The van der Waals surface area contributed by atoms with Gasteiger partial charge in [0.05, 0.1) is 13.3 Å². The summed E-state index contributed by atoms with van der Waals surface area (Å²) in [6, 6.07) is 3.91. The second-order valence-electron chi connectivity index (χ2n) is 2.87. The first-order valence-electron chi connectivity index (χ1n) is 4.06. The molecule has 3 nitrogen and oxygen atoms in total. The SMILES string of the molecule is COc1cnc2nccc(C)c2c1. The minimum Gasteiger partial charge on any atom is -0.495 e. The van der Waals surface area contributed by atoms with Gasteiger partial charge in [0.1, 0.15) is 5.75 Å². The lowest BCUT2D eigenvalue weighted by Gasteiger charge is -2.02. The number of fused-ring (bicyclic) bond motifs is 1. The van der Waals surface area contributed by atoms with Gasteiger partial charge in [-0.15, -0.1) is 0 Å². The van der Waals surface area contributed by atoms with E-state index in [9.17, 15) is 0 Å². The van der Waals surface area contributed by atoms with E-state index in [1.807, 2.05) is 19.1 Å². The van der Waals surface area contributed by atoms with Crippen LogP contribution in [0.2, 0.25) is 0 Å². The predicted molar refractivity (Wildman–Crippen MR) is 50.8 cm³/mol. The van der Waals surface area contributed by atoms with Crippen LogP contribution in [-0.4, -0.2) is 17.1 Å². The molecule has 0 N–H and O–H groups in total. The first-order valence-corrected chi connectivity index (χ1v) is 4.06. The molecule has 0 atom stereocenters. The molecule has 0 radical (unpaired) electrons. The molecule has 0 spiro atoms. The van der Waals surface area contributed by atoms with Crippen molar-refractivity contribution in [3.8, 4) is 5.75 Å². The molecule has 2 aromatic rings. The summed E-state index contributed by atoms with van der Waals surface area (Å²) in [5.74, 6) is 0.767. The number of hydrogen-bond donors (Lipinski definition) is 0. The van der Waals surface area contributed by atoms with Gasteiger partial charge in [-0.3, -0.25) is 0 Å². The molecule has 0 aliphatic heterocycles. The Balaban J connectivity index is 2.74. The molecule has 0 fully saturated rings. The van der Waals surface area contributed by atoms with E-state index in [-0.39, 0.29) is 0 Å². The maximum atomic E-state index is 5.09. The summed E-state index contributed by atoms with van der Waals surface area (Å²) in [6.45, 7) is 2.03. The first-order chi connectivity index (χ1) is 6.31. The van der Waals surface area contributed by atoms with Gasteiger partial charge < -0.3 is 4.74 Å². The average Bonchev–Trinajstić information content (AvgIpc) is 2.18. The lowest BCUT2D eigenvalue weighted by Crippen LogP contribution is -1.89. The summed E-state index contributed by atoms with van der Waals surface area (Å²) in [5, 5.41) is 1.04. The minimum atomic E-state index is 0.765. The second kappa shape index (κ2) is 3.01. The van der Waals surface area contributed by atoms with Crippen molar-refractivity contribution in [3.63, 3.8) is 0 Å². The van der Waals surface area contributed by atoms with Crippen molar-refractivity contribution in [3.05, 3.63) is 30.1 Å². The summed E-state index contributed by atoms with van der Waals surface area (Å²) in [4.78, 5) is 8.33. The maximum Gasteiger partial charge on any atom is 0.159 e. The van der Waals surface area contributed by atoms with Crippen LogP contribution in [0.15, 0.2) is 24.5 Å². The van der Waals surface area contributed by atoms with E-state index in [0.717, 1.165) is 22.3 Å². The molecule has 66 valence electrons. The quantitative estimate of drug-likeness (QED) is 0.662. The zero-order valence-electron chi connectivity index (χ0n) is 7.61. The van der Waals surface area contributed by atoms with E-state index in [1.165, 1.54) is 0 Å². The lowest BCUT2D eigenvalue weighted by atomic mass is 10.2. The monoisotopic (exact) mass is 174 g/mol. The molecule has 0 aromatic carbocycles. The van der Waals surface area contributed by atoms with E-state index in [0.29, 0.717) is 0 Å². The van der Waals surface area contributed by atoms with Crippen molar-refractivity contribution in [1.82, 2.24) is 9.97 Å². The standard InChI is InChI=1S/C10H10N2O/c1-7-3-4-11-10-9(7)5-8(13-2)6-12-10/h3-6H,1-2H3. The van der Waals surface area contributed by atoms with Gasteiger partial charge in [0.25, 0.3) is 0 Å². The fourth-order valence-electron chi connectivity index (χ4n) is 1.25. The van der Waals surface area contributed by atoms with Crippen LogP contribution in [0, 0.1) is 6.92 Å². The Kier molecular flexibility index (Phi) is 1.85. The van der Waals surface area contributed by atoms with Crippen LogP contribution in [0.25, 0.3) is 11.0 Å². The summed E-state index contributed by atoms with van der Waals surface area (Å²) in [7, 11) is 1.63. The largest absolute Gasteiger partial charge is 0.495 e. The third kappa shape index (κ3) is 1.33. The maximum absolute atomic E-state index is 5.09. The Bertz CT molecular complexity index is 440. The Morgan fingerprint density at radius 1 is 1.31 bits per heavy atom. The molecule has 2 aromatic heterocycles. The summed E-state index contributed by atoms with van der Waals surface area (Å²) >= 11 is 0. The van der Waals surface area contributed by atoms with Crippen LogP contribution in [0.1, 0.15) is 5.56 Å². The van der Waals surface area contributed by atoms with Crippen molar-refractivity contribution in [2.75, 3.05) is 7.11 Å². The highest BCUT2D eigenvalue weighted by Crippen LogP contribution is 2.18. The smallest absolute Gasteiger partial charge is 0.159 e. The highest BCUT2D eigenvalue weighted by atomic mass is 16.5. The highest BCUT2D eigenvalue weighted by Gasteiger charge is 2.00. The fourth-order valence-corrected chi connectivity index (χ4v) is 1.25. The van der Waals surface area contributed by atoms with Gasteiger partial charge in [0.2, 0.25) is 0 Å². The molecule has 0 unspecified atom stereocenters. The Hall–Kier alpha value is -1.64. The number of nitrogens with zero attached hydrogens (tertiary/aromatic N) is 2. The third-order valence-electron chi connectivity index (χ3n) is 2.02. The molecule has 0 amide bonds. The van der Waals surface area contributed by atoms with Crippen molar-refractivity contribution < 1.29 is 4.74 Å². The third-order valence-corrected chi connectivity index (χ3v) is 2.02. The summed E-state index contributed by atoms with van der Waals surface area (Å²) in [6.07, 6.45) is 3.44. The number of hydrogen-bond acceptors (Lipinski definition) is 3. The van der Waals surface area contributed by atoms with Gasteiger partial charge in [-0.05, 0) is 24.6 Å². The Morgan fingerprint density at radius 2 is 2.15 bits per heavy atom. The van der Waals surface area contributed by atoms with Gasteiger partial charge in [0, 0.05) is 11.6 Å². The van der Waals surface area contributed by atoms with Gasteiger partial charge in [-0.25, -0.2) is 9.97 Å². The van der Waals surface area contributed by atoms with Crippen molar-refractivity contribution in [2.45, 2.75) is 6.92 Å². The van der Waals surface area contributed by atoms with Gasteiger partial charge in [0.15, 0.2) is 5.65 Å². The van der Waals surface area contributed by atoms with Gasteiger partial charge in [-0.2, -0.15) is 0 Å². The molecule has 13 heavy (non-hydrogen) atoms. The van der Waals surface area contributed by atoms with E-state index in [4.69, 9.17) is 4.74 Å². The molecular weight excluding hydrogens is 164 g/mol. The molecule has 0 saturated heterocycles. The van der Waals surface area contributed by atoms with Crippen LogP contribution in [0.4, 0.5) is 0 Å². The number of rotatable bonds is 1. The lowest BCUT2D eigenvalue weighted by molar-refractivity contribution is 0.413. The molecule has 2 heterocycles. The number of aromatic nitrogens is 2. The molecule has 3 heteroatoms. The molecule has 0 bridgehead atoms. The zero-order valence-corrected chi connectivity index (χ0v) is 7.61. The van der Waals surface area contributed by atoms with E-state index in [2.05, 4.69) is 9.97 Å². The summed E-state index contributed by atoms with van der Waals surface area (Å²) < 4.78 is 5.09. The number of aryl methyl sites for hydroxylation is 1. The van der Waals surface area contributed by atoms with Crippen LogP contribution in [-0.2, 0) is 0 Å². The topological polar surface area (TPSA) is 35.0 Å². The number of methoxy groups -OCH3 is 1. The number of pyridine rings is 2. The Morgan fingerprint density at radius 3 is 2.92 bits per heavy atom. The van der Waals surface area contributed by atoms with Crippen LogP contribution >= 0.6 is 0 Å². The van der Waals surface area contributed by atoms with Gasteiger partial charge in [-0.1, -0.05) is 0 Å². The first kappa shape index (κ1) is 7.98. The van der Waals surface area contributed by atoms with Crippen LogP contribution < -0.4 is 4.74 Å². The normalized spacial score (nSPS) is 10.3. The van der Waals surface area contributed by atoms with Crippen molar-refractivity contribution >= 4 is 11.0 Å². The Labute approximate surface area is 76.4 Å². The highest BCUT2D eigenvalue weighted by molar-refractivity contribution is 5.79. The summed E-state index contributed by atoms with van der Waals surface area (Å²) in [5.41, 5.74) is 1.93. The molecule has 0 aliphatic carbocycles. The molecule has 2 rings (SSSR count). The van der Waals surface area contributed by atoms with Crippen molar-refractivity contribution in [1.29, 1.82) is 0 Å². The zero-order chi connectivity index (χ0) is 9.26. The van der Waals surface area contributed by atoms with E-state index >= 15 is 0 Å². The fraction of sp³-hybridized carbons (Fsp3) is 0.200. The van der Waals surface area contributed by atoms with Crippen LogP contribution in [0.5, 0.6) is 5.75 Å². The number of ether oxygens (including phenoxy) is 1. The van der Waals surface area contributed by atoms with E-state index in [1.54, 1.807) is 19.5 Å². The second-order valence-corrected chi connectivity index (χ2v) is 2.87. The molecule has 0 aliphatic rings. The average molecular weight is 174 g/mol. The molecule has 0 saturated carbocycles. The van der Waals surface area contributed by atoms with Crippen molar-refractivity contribution in [2.24, 2.45) is 0 Å².